The van der Waals surface area contributed by atoms with Gasteiger partial charge in [-0.2, -0.15) is 0 Å². The molecule has 0 bridgehead atoms. The molecule has 0 saturated heterocycles. The Hall–Kier alpha value is -3.69. The highest BCUT2D eigenvalue weighted by atomic mass is 32.2. The van der Waals surface area contributed by atoms with Gasteiger partial charge in [0.25, 0.3) is 10.0 Å². The number of carbonyl (C=O) groups is 1. The molecule has 0 aliphatic heterocycles. The first-order valence-corrected chi connectivity index (χ1v) is 13.7. The van der Waals surface area contributed by atoms with Crippen LogP contribution in [0.2, 0.25) is 0 Å². The van der Waals surface area contributed by atoms with Crippen LogP contribution in [0.1, 0.15) is 11.1 Å². The number of nitrogens with zero attached hydrogens (tertiary/aromatic N) is 1. The van der Waals surface area contributed by atoms with Gasteiger partial charge >= 0.3 is 5.97 Å². The van der Waals surface area contributed by atoms with E-state index in [2.05, 4.69) is 0 Å². The minimum absolute atomic E-state index is 0.0687. The van der Waals surface area contributed by atoms with E-state index in [9.17, 15) is 21.6 Å². The third-order valence-corrected chi connectivity index (χ3v) is 8.88. The summed E-state index contributed by atoms with van der Waals surface area (Å²) in [5, 5.41) is 0.543. The number of hydrogen-bond donors (Lipinski definition) is 0. The molecule has 1 aromatic heterocycles. The van der Waals surface area contributed by atoms with Crippen LogP contribution in [0.5, 0.6) is 0 Å². The molecule has 0 atom stereocenters. The van der Waals surface area contributed by atoms with Crippen molar-refractivity contribution in [1.82, 2.24) is 3.97 Å². The maximum absolute atomic E-state index is 13.4. The Kier molecular flexibility index (Phi) is 6.64. The van der Waals surface area contributed by atoms with Crippen LogP contribution in [0, 0.1) is 6.92 Å². The Morgan fingerprint density at radius 1 is 0.857 bits per heavy atom. The first-order chi connectivity index (χ1) is 16.6. The van der Waals surface area contributed by atoms with Crippen molar-refractivity contribution in [3.8, 4) is 0 Å². The standard InChI is InChI=1S/C26H23NO6S2/c1-19-12-14-23(15-13-19)35(31,32)27-17-20(24-10-6-7-11-25(24)27)16-21(26(28)33-2)18-34(29,30)22-8-4-3-5-9-22/h3-17H,18H2,1-2H3/b21-16+. The van der Waals surface area contributed by atoms with E-state index in [1.807, 2.05) is 6.92 Å². The van der Waals surface area contributed by atoms with Gasteiger partial charge in [0.05, 0.1) is 33.7 Å². The monoisotopic (exact) mass is 509 g/mol. The van der Waals surface area contributed by atoms with Gasteiger partial charge in [0, 0.05) is 17.1 Å². The second kappa shape index (κ2) is 9.52. The van der Waals surface area contributed by atoms with Crippen LogP contribution in [0.25, 0.3) is 17.0 Å². The molecule has 0 fully saturated rings. The largest absolute Gasteiger partial charge is 0.466 e. The highest BCUT2D eigenvalue weighted by molar-refractivity contribution is 7.91. The second-order valence-electron chi connectivity index (χ2n) is 7.95. The van der Waals surface area contributed by atoms with E-state index < -0.39 is 31.6 Å². The van der Waals surface area contributed by atoms with Crippen molar-refractivity contribution in [3.05, 3.63) is 102 Å². The predicted molar refractivity (Wildman–Crippen MR) is 134 cm³/mol. The summed E-state index contributed by atoms with van der Waals surface area (Å²) in [6.07, 6.45) is 2.76. The summed E-state index contributed by atoms with van der Waals surface area (Å²) < 4.78 is 58.7. The molecule has 0 unspecified atom stereocenters. The van der Waals surface area contributed by atoms with Gasteiger partial charge in [0.2, 0.25) is 0 Å². The molecule has 4 rings (SSSR count). The van der Waals surface area contributed by atoms with Gasteiger partial charge in [-0.25, -0.2) is 25.6 Å². The highest BCUT2D eigenvalue weighted by Gasteiger charge is 2.24. The van der Waals surface area contributed by atoms with Gasteiger partial charge in [-0.3, -0.25) is 0 Å². The Morgan fingerprint density at radius 3 is 2.14 bits per heavy atom. The predicted octanol–water partition coefficient (Wildman–Crippen LogP) is 4.22. The van der Waals surface area contributed by atoms with E-state index in [1.165, 1.54) is 36.5 Å². The van der Waals surface area contributed by atoms with Crippen LogP contribution >= 0.6 is 0 Å². The lowest BCUT2D eigenvalue weighted by Crippen LogP contribution is -2.16. The summed E-state index contributed by atoms with van der Waals surface area (Å²) in [5.74, 6) is -1.42. The number of aromatic nitrogens is 1. The quantitative estimate of drug-likeness (QED) is 0.273. The smallest absolute Gasteiger partial charge is 0.334 e. The van der Waals surface area contributed by atoms with E-state index in [0.717, 1.165) is 16.6 Å². The molecule has 0 saturated carbocycles. The van der Waals surface area contributed by atoms with Gasteiger partial charge in [-0.15, -0.1) is 0 Å². The van der Waals surface area contributed by atoms with E-state index in [4.69, 9.17) is 4.74 Å². The van der Waals surface area contributed by atoms with Crippen molar-refractivity contribution >= 4 is 42.8 Å². The summed E-state index contributed by atoms with van der Waals surface area (Å²) in [6.45, 7) is 1.86. The SMILES string of the molecule is COC(=O)/C(=C/c1cn(S(=O)(=O)c2ccc(C)cc2)c2ccccc12)CS(=O)(=O)c1ccccc1. The zero-order valence-corrected chi connectivity index (χ0v) is 20.7. The Bertz CT molecular complexity index is 1630. The van der Waals surface area contributed by atoms with Gasteiger partial charge in [0.15, 0.2) is 9.84 Å². The fraction of sp³-hybridized carbons (Fsp3) is 0.115. The molecule has 0 amide bonds. The van der Waals surface area contributed by atoms with Gasteiger partial charge in [-0.05, 0) is 43.3 Å². The van der Waals surface area contributed by atoms with Gasteiger partial charge in [-0.1, -0.05) is 54.1 Å². The molecule has 0 N–H and O–H groups in total. The fourth-order valence-electron chi connectivity index (χ4n) is 3.71. The number of ether oxygens (including phenoxy) is 1. The number of esters is 1. The summed E-state index contributed by atoms with van der Waals surface area (Å²) >= 11 is 0. The fourth-order valence-corrected chi connectivity index (χ4v) is 6.43. The van der Waals surface area contributed by atoms with Crippen molar-refractivity contribution in [2.45, 2.75) is 16.7 Å². The Balaban J connectivity index is 1.86. The number of aryl methyl sites for hydroxylation is 1. The molecule has 7 nitrogen and oxygen atoms in total. The maximum atomic E-state index is 13.4. The number of hydrogen-bond acceptors (Lipinski definition) is 6. The number of benzene rings is 3. The van der Waals surface area contributed by atoms with E-state index in [-0.39, 0.29) is 15.4 Å². The van der Waals surface area contributed by atoms with Crippen LogP contribution in [0.3, 0.4) is 0 Å². The Morgan fingerprint density at radius 2 is 1.49 bits per heavy atom. The van der Waals surface area contributed by atoms with Crippen LogP contribution in [0.4, 0.5) is 0 Å². The summed E-state index contributed by atoms with van der Waals surface area (Å²) in [4.78, 5) is 12.7. The van der Waals surface area contributed by atoms with Crippen LogP contribution in [0.15, 0.2) is 100 Å². The number of rotatable bonds is 7. The number of fused-ring (bicyclic) bond motifs is 1. The van der Waals surface area contributed by atoms with Crippen LogP contribution in [-0.4, -0.2) is 39.6 Å². The molecule has 0 radical (unpaired) electrons. The maximum Gasteiger partial charge on any atom is 0.334 e. The van der Waals surface area contributed by atoms with Gasteiger partial charge in [0.1, 0.15) is 0 Å². The van der Waals surface area contributed by atoms with Crippen molar-refractivity contribution in [2.24, 2.45) is 0 Å². The normalized spacial score (nSPS) is 12.6. The van der Waals surface area contributed by atoms with E-state index in [1.54, 1.807) is 54.6 Å². The molecule has 0 aliphatic carbocycles. The minimum Gasteiger partial charge on any atom is -0.466 e. The molecule has 9 heteroatoms. The molecular formula is C26H23NO6S2. The van der Waals surface area contributed by atoms with Crippen molar-refractivity contribution in [1.29, 1.82) is 0 Å². The van der Waals surface area contributed by atoms with Crippen molar-refractivity contribution in [2.75, 3.05) is 12.9 Å². The van der Waals surface area contributed by atoms with Gasteiger partial charge < -0.3 is 4.74 Å². The summed E-state index contributed by atoms with van der Waals surface area (Å²) in [7, 11) is -6.64. The lowest BCUT2D eigenvalue weighted by molar-refractivity contribution is -0.135. The molecular weight excluding hydrogens is 486 g/mol. The zero-order chi connectivity index (χ0) is 25.2. The van der Waals surface area contributed by atoms with Crippen molar-refractivity contribution < 1.29 is 26.4 Å². The molecule has 0 spiro atoms. The lowest BCUT2D eigenvalue weighted by atomic mass is 10.1. The molecule has 4 aromatic rings. The minimum atomic E-state index is -3.95. The number of carbonyl (C=O) groups excluding carboxylic acids is 1. The molecule has 1 heterocycles. The summed E-state index contributed by atoms with van der Waals surface area (Å²) in [5.41, 5.74) is 1.58. The number of methoxy groups -OCH3 is 1. The highest BCUT2D eigenvalue weighted by Crippen LogP contribution is 2.28. The number of para-hydroxylation sites is 1. The average molecular weight is 510 g/mol. The van der Waals surface area contributed by atoms with Crippen LogP contribution in [-0.2, 0) is 29.4 Å². The van der Waals surface area contributed by atoms with Crippen LogP contribution < -0.4 is 0 Å². The zero-order valence-electron chi connectivity index (χ0n) is 19.1. The number of sulfone groups is 1. The first-order valence-electron chi connectivity index (χ1n) is 10.6. The molecule has 0 aliphatic rings. The molecule has 180 valence electrons. The van der Waals surface area contributed by atoms with E-state index in [0.29, 0.717) is 16.5 Å². The summed E-state index contributed by atoms with van der Waals surface area (Å²) in [6, 6.07) is 21.1. The lowest BCUT2D eigenvalue weighted by Gasteiger charge is -2.08. The van der Waals surface area contributed by atoms with Crippen molar-refractivity contribution in [3.63, 3.8) is 0 Å². The third kappa shape index (κ3) is 4.91. The molecule has 35 heavy (non-hydrogen) atoms. The Labute approximate surface area is 204 Å². The first kappa shape index (κ1) is 24.4. The third-order valence-electron chi connectivity index (χ3n) is 5.51. The van der Waals surface area contributed by atoms with E-state index >= 15 is 0 Å². The topological polar surface area (TPSA) is 99.5 Å². The average Bonchev–Trinajstić information content (AvgIpc) is 3.23. The second-order valence-corrected chi connectivity index (χ2v) is 11.8. The molecule has 3 aromatic carbocycles.